The smallest absolute Gasteiger partial charge is 0.263 e. The van der Waals surface area contributed by atoms with E-state index in [1.807, 2.05) is 0 Å². The highest BCUT2D eigenvalue weighted by atomic mass is 35.5. The number of anilines is 1. The lowest BCUT2D eigenvalue weighted by Crippen LogP contribution is -2.49. The average Bonchev–Trinajstić information content (AvgIpc) is 2.79. The van der Waals surface area contributed by atoms with Crippen LogP contribution in [-0.4, -0.2) is 37.0 Å². The lowest BCUT2D eigenvalue weighted by molar-refractivity contribution is -0.129. The number of nitrogens with one attached hydrogen (secondary N) is 2. The Morgan fingerprint density at radius 2 is 1.75 bits per heavy atom. The number of hydrogen-bond acceptors (Lipinski definition) is 5. The minimum absolute atomic E-state index is 0.0665. The van der Waals surface area contributed by atoms with Gasteiger partial charge in [0.25, 0.3) is 5.91 Å². The highest BCUT2D eigenvalue weighted by Gasteiger charge is 2.30. The lowest BCUT2D eigenvalue weighted by Gasteiger charge is -2.31. The van der Waals surface area contributed by atoms with Crippen LogP contribution in [0.15, 0.2) is 42.5 Å². The fourth-order valence-corrected chi connectivity index (χ4v) is 4.47. The molecule has 0 spiro atoms. The molecule has 2 aromatic carbocycles. The Labute approximate surface area is 197 Å². The summed E-state index contributed by atoms with van der Waals surface area (Å²) in [5.41, 5.74) is 0.798. The van der Waals surface area contributed by atoms with E-state index in [1.54, 1.807) is 42.5 Å². The minimum atomic E-state index is -0.576. The Morgan fingerprint density at radius 1 is 1.03 bits per heavy atom. The van der Waals surface area contributed by atoms with Crippen molar-refractivity contribution < 1.29 is 19.1 Å². The summed E-state index contributed by atoms with van der Waals surface area (Å²) < 4.78 is 11.4. The van der Waals surface area contributed by atoms with Gasteiger partial charge in [0.2, 0.25) is 0 Å². The molecule has 0 unspecified atom stereocenters. The molecular formula is C24H26Cl2N2O4. The zero-order chi connectivity index (χ0) is 22.5. The van der Waals surface area contributed by atoms with Crippen LogP contribution >= 0.6 is 23.2 Å². The molecule has 0 aromatic heterocycles. The van der Waals surface area contributed by atoms with E-state index in [1.165, 1.54) is 0 Å². The molecular weight excluding hydrogens is 451 g/mol. The molecule has 1 amide bonds. The molecule has 0 saturated heterocycles. The predicted octanol–water partition coefficient (Wildman–Crippen LogP) is 4.88. The van der Waals surface area contributed by atoms with E-state index < -0.39 is 6.10 Å². The van der Waals surface area contributed by atoms with Gasteiger partial charge in [0.05, 0.1) is 12.2 Å². The molecule has 32 heavy (non-hydrogen) atoms. The van der Waals surface area contributed by atoms with Gasteiger partial charge in [0.15, 0.2) is 11.9 Å². The fraction of sp³-hybridized carbons (Fsp3) is 0.417. The Hall–Kier alpha value is -2.44. The Morgan fingerprint density at radius 3 is 2.50 bits per heavy atom. The summed E-state index contributed by atoms with van der Waals surface area (Å²) in [5.74, 6) is 1.57. The summed E-state index contributed by atoms with van der Waals surface area (Å²) in [6, 6.07) is 12.4. The number of Topliss-reactive ketones (excluding diaryl/α,β-unsaturated/α-hetero) is 1. The van der Waals surface area contributed by atoms with Gasteiger partial charge in [-0.2, -0.15) is 0 Å². The molecule has 6 nitrogen and oxygen atoms in total. The molecule has 0 bridgehead atoms. The van der Waals surface area contributed by atoms with Crippen LogP contribution in [0.5, 0.6) is 11.5 Å². The first kappa shape index (κ1) is 22.7. The predicted molar refractivity (Wildman–Crippen MR) is 125 cm³/mol. The Bertz CT molecular complexity index is 959. The molecule has 1 aliphatic carbocycles. The van der Waals surface area contributed by atoms with E-state index in [0.717, 1.165) is 31.4 Å². The van der Waals surface area contributed by atoms with Crippen LogP contribution in [0.1, 0.15) is 32.1 Å². The van der Waals surface area contributed by atoms with Gasteiger partial charge in [-0.05, 0) is 74.1 Å². The first-order valence-corrected chi connectivity index (χ1v) is 11.6. The monoisotopic (exact) mass is 476 g/mol. The van der Waals surface area contributed by atoms with Crippen molar-refractivity contribution in [1.82, 2.24) is 5.32 Å². The number of ether oxygens (including phenoxy) is 2. The number of ketones is 1. The Kier molecular flexibility index (Phi) is 7.43. The van der Waals surface area contributed by atoms with Crippen LogP contribution in [0.3, 0.4) is 0 Å². The standard InChI is InChI=1S/C24H26Cl2N2O4/c25-16-3-8-20(9-4-16)31-14-19(29)11-15-1-6-18(7-2-15)28-24(30)23-13-27-21-12-17(26)5-10-22(21)32-23/h3-5,8-10,12,15,18,23,27H,1-2,6-7,11,13-14H2,(H,28,30)/t15?,18?,23-/m0/s1. The van der Waals surface area contributed by atoms with Gasteiger partial charge in [-0.25, -0.2) is 0 Å². The first-order valence-electron chi connectivity index (χ1n) is 10.9. The van der Waals surface area contributed by atoms with Crippen LogP contribution in [-0.2, 0) is 9.59 Å². The quantitative estimate of drug-likeness (QED) is 0.595. The van der Waals surface area contributed by atoms with Crippen molar-refractivity contribution in [3.05, 3.63) is 52.5 Å². The van der Waals surface area contributed by atoms with E-state index in [-0.39, 0.29) is 24.3 Å². The Balaban J connectivity index is 1.17. The molecule has 8 heteroatoms. The van der Waals surface area contributed by atoms with Crippen LogP contribution in [0.4, 0.5) is 5.69 Å². The van der Waals surface area contributed by atoms with Crippen molar-refractivity contribution in [3.8, 4) is 11.5 Å². The van der Waals surface area contributed by atoms with Crippen LogP contribution in [0.25, 0.3) is 0 Å². The summed E-state index contributed by atoms with van der Waals surface area (Å²) in [5, 5.41) is 7.56. The highest BCUT2D eigenvalue weighted by Crippen LogP contribution is 2.32. The van der Waals surface area contributed by atoms with E-state index in [4.69, 9.17) is 32.7 Å². The zero-order valence-electron chi connectivity index (χ0n) is 17.6. The van der Waals surface area contributed by atoms with Crippen LogP contribution in [0, 0.1) is 5.92 Å². The third-order valence-corrected chi connectivity index (χ3v) is 6.39. The topological polar surface area (TPSA) is 76.7 Å². The van der Waals surface area contributed by atoms with Crippen LogP contribution < -0.4 is 20.1 Å². The molecule has 2 aliphatic rings. The number of rotatable bonds is 7. The number of hydrogen-bond donors (Lipinski definition) is 2. The minimum Gasteiger partial charge on any atom is -0.486 e. The second kappa shape index (κ2) is 10.5. The normalized spacial score (nSPS) is 22.1. The lowest BCUT2D eigenvalue weighted by atomic mass is 9.83. The van der Waals surface area contributed by atoms with Gasteiger partial charge in [-0.15, -0.1) is 0 Å². The third-order valence-electron chi connectivity index (χ3n) is 5.90. The number of carbonyl (C=O) groups is 2. The molecule has 1 heterocycles. The van der Waals surface area contributed by atoms with Crippen molar-refractivity contribution in [3.63, 3.8) is 0 Å². The SMILES string of the molecule is O=C(COc1ccc(Cl)cc1)CC1CCC(NC(=O)[C@@H]2CNc3cc(Cl)ccc3O2)CC1. The summed E-state index contributed by atoms with van der Waals surface area (Å²) in [4.78, 5) is 24.9. The van der Waals surface area contributed by atoms with Crippen molar-refractivity contribution >= 4 is 40.6 Å². The van der Waals surface area contributed by atoms with E-state index in [2.05, 4.69) is 10.6 Å². The van der Waals surface area contributed by atoms with Gasteiger partial charge < -0.3 is 20.1 Å². The van der Waals surface area contributed by atoms with Crippen molar-refractivity contribution in [2.75, 3.05) is 18.5 Å². The number of benzene rings is 2. The van der Waals surface area contributed by atoms with Gasteiger partial charge in [0, 0.05) is 22.5 Å². The summed E-state index contributed by atoms with van der Waals surface area (Å²) in [7, 11) is 0. The summed E-state index contributed by atoms with van der Waals surface area (Å²) in [6.07, 6.45) is 3.45. The van der Waals surface area contributed by atoms with Gasteiger partial charge in [0.1, 0.15) is 18.1 Å². The number of halogens is 2. The fourth-order valence-electron chi connectivity index (χ4n) is 4.17. The van der Waals surface area contributed by atoms with Crippen molar-refractivity contribution in [1.29, 1.82) is 0 Å². The number of carbonyl (C=O) groups excluding carboxylic acids is 2. The van der Waals surface area contributed by atoms with Gasteiger partial charge in [-0.1, -0.05) is 23.2 Å². The molecule has 170 valence electrons. The molecule has 1 fully saturated rings. The van der Waals surface area contributed by atoms with E-state index in [0.29, 0.717) is 40.4 Å². The van der Waals surface area contributed by atoms with Gasteiger partial charge >= 0.3 is 0 Å². The zero-order valence-corrected chi connectivity index (χ0v) is 19.1. The maximum Gasteiger partial charge on any atom is 0.263 e. The van der Waals surface area contributed by atoms with Crippen molar-refractivity contribution in [2.24, 2.45) is 5.92 Å². The molecule has 0 radical (unpaired) electrons. The maximum atomic E-state index is 12.7. The van der Waals surface area contributed by atoms with E-state index in [9.17, 15) is 9.59 Å². The van der Waals surface area contributed by atoms with Crippen LogP contribution in [0.2, 0.25) is 10.0 Å². The molecule has 2 aromatic rings. The second-order valence-corrected chi connectivity index (χ2v) is 9.21. The third kappa shape index (κ3) is 6.08. The average molecular weight is 477 g/mol. The molecule has 1 aliphatic heterocycles. The van der Waals surface area contributed by atoms with E-state index >= 15 is 0 Å². The van der Waals surface area contributed by atoms with Gasteiger partial charge in [-0.3, -0.25) is 9.59 Å². The molecule has 1 saturated carbocycles. The number of fused-ring (bicyclic) bond motifs is 1. The second-order valence-electron chi connectivity index (χ2n) is 8.34. The molecule has 1 atom stereocenters. The first-order chi connectivity index (χ1) is 15.5. The molecule has 2 N–H and O–H groups in total. The maximum absolute atomic E-state index is 12.7. The number of amides is 1. The molecule has 4 rings (SSSR count). The highest BCUT2D eigenvalue weighted by molar-refractivity contribution is 6.31. The summed E-state index contributed by atoms with van der Waals surface area (Å²) >= 11 is 11.8. The summed E-state index contributed by atoms with van der Waals surface area (Å²) in [6.45, 7) is 0.466. The largest absolute Gasteiger partial charge is 0.486 e. The van der Waals surface area contributed by atoms with Crippen molar-refractivity contribution in [2.45, 2.75) is 44.2 Å².